The van der Waals surface area contributed by atoms with E-state index in [1.165, 1.54) is 18.5 Å². The maximum absolute atomic E-state index is 11.5. The molecular formula is C14H12BrN3O3. The van der Waals surface area contributed by atoms with Crippen molar-refractivity contribution in [3.8, 4) is 0 Å². The van der Waals surface area contributed by atoms with Crippen molar-refractivity contribution in [2.45, 2.75) is 0 Å². The SMILES string of the molecule is O=C(CNC(=O)c1ccco1)N/N=C\c1ccc(Br)cc1. The van der Waals surface area contributed by atoms with Crippen molar-refractivity contribution in [2.24, 2.45) is 5.10 Å². The molecule has 0 bridgehead atoms. The number of hydrogen-bond donors (Lipinski definition) is 2. The molecule has 1 aromatic carbocycles. The normalized spacial score (nSPS) is 10.5. The summed E-state index contributed by atoms with van der Waals surface area (Å²) in [6, 6.07) is 10.5. The summed E-state index contributed by atoms with van der Waals surface area (Å²) in [4.78, 5) is 23.0. The molecular weight excluding hydrogens is 338 g/mol. The minimum atomic E-state index is -0.452. The Balaban J connectivity index is 1.74. The zero-order valence-corrected chi connectivity index (χ0v) is 12.5. The predicted molar refractivity (Wildman–Crippen MR) is 80.9 cm³/mol. The fraction of sp³-hybridized carbons (Fsp3) is 0.0714. The van der Waals surface area contributed by atoms with Gasteiger partial charge in [-0.3, -0.25) is 9.59 Å². The van der Waals surface area contributed by atoms with Crippen molar-refractivity contribution >= 4 is 34.0 Å². The molecule has 0 radical (unpaired) electrons. The third-order valence-corrected chi connectivity index (χ3v) is 2.96. The van der Waals surface area contributed by atoms with Crippen LogP contribution in [0.5, 0.6) is 0 Å². The molecule has 0 saturated heterocycles. The van der Waals surface area contributed by atoms with Crippen LogP contribution in [0.1, 0.15) is 16.1 Å². The Labute approximate surface area is 129 Å². The van der Waals surface area contributed by atoms with Gasteiger partial charge in [-0.1, -0.05) is 28.1 Å². The number of furan rings is 1. The van der Waals surface area contributed by atoms with Crippen LogP contribution in [0.3, 0.4) is 0 Å². The summed E-state index contributed by atoms with van der Waals surface area (Å²) < 4.78 is 5.86. The van der Waals surface area contributed by atoms with Gasteiger partial charge < -0.3 is 9.73 Å². The Morgan fingerprint density at radius 3 is 2.67 bits per heavy atom. The van der Waals surface area contributed by atoms with Crippen LogP contribution >= 0.6 is 15.9 Å². The van der Waals surface area contributed by atoms with Gasteiger partial charge >= 0.3 is 0 Å². The van der Waals surface area contributed by atoms with Gasteiger partial charge in [0, 0.05) is 4.47 Å². The smallest absolute Gasteiger partial charge is 0.287 e. The van der Waals surface area contributed by atoms with E-state index >= 15 is 0 Å². The van der Waals surface area contributed by atoms with Crippen LogP contribution in [0.15, 0.2) is 56.7 Å². The average Bonchev–Trinajstić information content (AvgIpc) is 3.01. The Bertz CT molecular complexity index is 636. The van der Waals surface area contributed by atoms with Gasteiger partial charge in [0.05, 0.1) is 19.0 Å². The van der Waals surface area contributed by atoms with E-state index in [2.05, 4.69) is 31.8 Å². The third kappa shape index (κ3) is 4.88. The van der Waals surface area contributed by atoms with E-state index in [0.717, 1.165) is 10.0 Å². The first-order valence-corrected chi connectivity index (χ1v) is 6.83. The maximum Gasteiger partial charge on any atom is 0.287 e. The summed E-state index contributed by atoms with van der Waals surface area (Å²) in [7, 11) is 0. The highest BCUT2D eigenvalue weighted by Crippen LogP contribution is 2.08. The van der Waals surface area contributed by atoms with Crippen LogP contribution < -0.4 is 10.7 Å². The van der Waals surface area contributed by atoms with Gasteiger partial charge in [-0.05, 0) is 29.8 Å². The first kappa shape index (κ1) is 15.0. The summed E-state index contributed by atoms with van der Waals surface area (Å²) in [5.74, 6) is -0.725. The number of nitrogens with one attached hydrogen (secondary N) is 2. The van der Waals surface area contributed by atoms with Crippen molar-refractivity contribution in [3.05, 3.63) is 58.5 Å². The molecule has 0 unspecified atom stereocenters. The molecule has 0 atom stereocenters. The number of nitrogens with zero attached hydrogens (tertiary/aromatic N) is 1. The van der Waals surface area contributed by atoms with Gasteiger partial charge in [0.2, 0.25) is 0 Å². The minimum Gasteiger partial charge on any atom is -0.459 e. The number of amides is 2. The lowest BCUT2D eigenvalue weighted by atomic mass is 10.2. The molecule has 0 saturated carbocycles. The fourth-order valence-corrected chi connectivity index (χ4v) is 1.69. The summed E-state index contributed by atoms with van der Waals surface area (Å²) in [6.07, 6.45) is 2.90. The van der Waals surface area contributed by atoms with Crippen LogP contribution in [0.2, 0.25) is 0 Å². The lowest BCUT2D eigenvalue weighted by molar-refractivity contribution is -0.120. The van der Waals surface area contributed by atoms with Crippen molar-refractivity contribution < 1.29 is 14.0 Å². The Kier molecular flexibility index (Phi) is 5.28. The summed E-state index contributed by atoms with van der Waals surface area (Å²) in [5.41, 5.74) is 3.17. The average molecular weight is 350 g/mol. The molecule has 1 heterocycles. The number of carbonyl (C=O) groups excluding carboxylic acids is 2. The number of hydrazone groups is 1. The van der Waals surface area contributed by atoms with Crippen LogP contribution in [0, 0.1) is 0 Å². The van der Waals surface area contributed by atoms with Gasteiger partial charge in [0.1, 0.15) is 0 Å². The van der Waals surface area contributed by atoms with Crippen molar-refractivity contribution in [2.75, 3.05) is 6.54 Å². The van der Waals surface area contributed by atoms with Gasteiger partial charge in [-0.2, -0.15) is 5.10 Å². The van der Waals surface area contributed by atoms with Crippen LogP contribution in [0.25, 0.3) is 0 Å². The first-order chi connectivity index (χ1) is 10.1. The van der Waals surface area contributed by atoms with Crippen molar-refractivity contribution in [1.29, 1.82) is 0 Å². The maximum atomic E-state index is 11.5. The molecule has 2 amide bonds. The second kappa shape index (κ2) is 7.39. The Morgan fingerprint density at radius 1 is 1.24 bits per heavy atom. The Hall–Kier alpha value is -2.41. The van der Waals surface area contributed by atoms with Gasteiger partial charge in [0.25, 0.3) is 11.8 Å². The summed E-state index contributed by atoms with van der Waals surface area (Å²) >= 11 is 3.33. The topological polar surface area (TPSA) is 83.7 Å². The molecule has 1 aromatic heterocycles. The van der Waals surface area contributed by atoms with Crippen LogP contribution in [0.4, 0.5) is 0 Å². The highest BCUT2D eigenvalue weighted by atomic mass is 79.9. The lowest BCUT2D eigenvalue weighted by Crippen LogP contribution is -2.34. The van der Waals surface area contributed by atoms with E-state index in [1.54, 1.807) is 6.07 Å². The predicted octanol–water partition coefficient (Wildman–Crippen LogP) is 1.92. The second-order valence-electron chi connectivity index (χ2n) is 4.00. The standard InChI is InChI=1S/C14H12BrN3O3/c15-11-5-3-10(4-6-11)8-17-18-13(19)9-16-14(20)12-2-1-7-21-12/h1-8H,9H2,(H,16,20)(H,18,19)/b17-8-. The largest absolute Gasteiger partial charge is 0.459 e. The molecule has 6 nitrogen and oxygen atoms in total. The highest BCUT2D eigenvalue weighted by molar-refractivity contribution is 9.10. The number of halogens is 1. The zero-order valence-electron chi connectivity index (χ0n) is 10.9. The third-order valence-electron chi connectivity index (χ3n) is 2.43. The molecule has 0 spiro atoms. The second-order valence-corrected chi connectivity index (χ2v) is 4.92. The number of rotatable bonds is 5. The van der Waals surface area contributed by atoms with Crippen molar-refractivity contribution in [3.63, 3.8) is 0 Å². The zero-order chi connectivity index (χ0) is 15.1. The monoisotopic (exact) mass is 349 g/mol. The van der Waals surface area contributed by atoms with E-state index in [9.17, 15) is 9.59 Å². The highest BCUT2D eigenvalue weighted by Gasteiger charge is 2.09. The van der Waals surface area contributed by atoms with E-state index in [1.807, 2.05) is 24.3 Å². The molecule has 2 rings (SSSR count). The van der Waals surface area contributed by atoms with Crippen LogP contribution in [-0.4, -0.2) is 24.6 Å². The van der Waals surface area contributed by atoms with E-state index in [4.69, 9.17) is 4.42 Å². The van der Waals surface area contributed by atoms with E-state index in [0.29, 0.717) is 0 Å². The Morgan fingerprint density at radius 2 is 2.00 bits per heavy atom. The first-order valence-electron chi connectivity index (χ1n) is 6.04. The molecule has 21 heavy (non-hydrogen) atoms. The molecule has 0 fully saturated rings. The molecule has 7 heteroatoms. The summed E-state index contributed by atoms with van der Waals surface area (Å²) in [6.45, 7) is -0.183. The van der Waals surface area contributed by atoms with E-state index in [-0.39, 0.29) is 12.3 Å². The van der Waals surface area contributed by atoms with Gasteiger partial charge in [-0.15, -0.1) is 0 Å². The number of benzene rings is 1. The lowest BCUT2D eigenvalue weighted by Gasteiger charge is -2.01. The fourth-order valence-electron chi connectivity index (χ4n) is 1.42. The number of carbonyl (C=O) groups is 2. The van der Waals surface area contributed by atoms with E-state index < -0.39 is 11.8 Å². The molecule has 2 N–H and O–H groups in total. The quantitative estimate of drug-likeness (QED) is 0.638. The molecule has 0 aliphatic carbocycles. The molecule has 2 aromatic rings. The molecule has 0 aliphatic rings. The molecule has 0 aliphatic heterocycles. The minimum absolute atomic E-state index is 0.154. The van der Waals surface area contributed by atoms with Gasteiger partial charge in [-0.25, -0.2) is 5.43 Å². The van der Waals surface area contributed by atoms with Gasteiger partial charge in [0.15, 0.2) is 5.76 Å². The molecule has 108 valence electrons. The number of hydrogen-bond acceptors (Lipinski definition) is 4. The van der Waals surface area contributed by atoms with Crippen molar-refractivity contribution in [1.82, 2.24) is 10.7 Å². The van der Waals surface area contributed by atoms with Crippen LogP contribution in [-0.2, 0) is 4.79 Å². The summed E-state index contributed by atoms with van der Waals surface area (Å²) in [5, 5.41) is 6.21.